The molecule has 0 atom stereocenters. The predicted octanol–water partition coefficient (Wildman–Crippen LogP) is 0.995. The molecule has 2 N–H and O–H groups in total. The molecular weight excluding hydrogens is 218 g/mol. The van der Waals surface area contributed by atoms with Crippen LogP contribution < -0.4 is 11.0 Å². The van der Waals surface area contributed by atoms with Crippen LogP contribution in [0.4, 0.5) is 5.69 Å². The Morgan fingerprint density at radius 1 is 1.24 bits per heavy atom. The quantitative estimate of drug-likeness (QED) is 0.684. The Morgan fingerprint density at radius 3 is 2.82 bits per heavy atom. The number of benzene rings is 1. The van der Waals surface area contributed by atoms with Gasteiger partial charge in [0, 0.05) is 0 Å². The number of anilines is 1. The topological polar surface area (TPSA) is 75.6 Å². The lowest BCUT2D eigenvalue weighted by Crippen LogP contribution is -2.08. The summed E-state index contributed by atoms with van der Waals surface area (Å²) in [5, 5.41) is 4.60. The summed E-state index contributed by atoms with van der Waals surface area (Å²) in [7, 11) is 0. The largest absolute Gasteiger partial charge is 0.312 e. The molecule has 3 rings (SSSR count). The van der Waals surface area contributed by atoms with Crippen molar-refractivity contribution in [1.82, 2.24) is 19.9 Å². The molecule has 6 nitrogen and oxygen atoms in total. The first-order valence-corrected chi connectivity index (χ1v) is 5.08. The number of rotatable bonds is 2. The number of nitrogens with zero attached hydrogens (tertiary/aromatic N) is 3. The molecule has 0 saturated carbocycles. The van der Waals surface area contributed by atoms with Gasteiger partial charge in [-0.15, -0.1) is 5.10 Å². The molecule has 1 aromatic carbocycles. The first kappa shape index (κ1) is 9.59. The fourth-order valence-corrected chi connectivity index (χ4v) is 1.55. The summed E-state index contributed by atoms with van der Waals surface area (Å²) < 4.78 is 0. The van der Waals surface area contributed by atoms with Gasteiger partial charge >= 0.3 is 0 Å². The summed E-state index contributed by atoms with van der Waals surface area (Å²) in [5.74, 6) is 0. The molecule has 0 unspecified atom stereocenters. The number of para-hydroxylation sites is 1. The van der Waals surface area contributed by atoms with Gasteiger partial charge in [0.15, 0.2) is 5.65 Å². The monoisotopic (exact) mass is 227 g/mol. The molecule has 0 aliphatic rings. The summed E-state index contributed by atoms with van der Waals surface area (Å²) in [4.78, 5) is 19.4. The highest BCUT2D eigenvalue weighted by atomic mass is 16.1. The van der Waals surface area contributed by atoms with Crippen molar-refractivity contribution in [2.75, 3.05) is 5.43 Å². The lowest BCUT2D eigenvalue weighted by atomic mass is 10.3. The molecule has 0 bridgehead atoms. The van der Waals surface area contributed by atoms with Gasteiger partial charge in [-0.25, -0.2) is 4.98 Å². The number of hydrogen-bond acceptors (Lipinski definition) is 4. The van der Waals surface area contributed by atoms with Crippen LogP contribution in [0.2, 0.25) is 0 Å². The number of nitrogens with one attached hydrogen (secondary N) is 2. The highest BCUT2D eigenvalue weighted by Gasteiger charge is 2.04. The van der Waals surface area contributed by atoms with Gasteiger partial charge in [0.2, 0.25) is 0 Å². The van der Waals surface area contributed by atoms with Crippen molar-refractivity contribution < 1.29 is 0 Å². The zero-order valence-electron chi connectivity index (χ0n) is 8.79. The van der Waals surface area contributed by atoms with E-state index in [9.17, 15) is 4.79 Å². The molecule has 0 aliphatic heterocycles. The number of aromatic nitrogens is 4. The van der Waals surface area contributed by atoms with Crippen molar-refractivity contribution in [2.24, 2.45) is 0 Å². The SMILES string of the molecule is O=c1[nH]cnc2nn(Nc3ccccc3)cc12. The van der Waals surface area contributed by atoms with Crippen molar-refractivity contribution in [3.8, 4) is 0 Å². The smallest absolute Gasteiger partial charge is 0.261 e. The van der Waals surface area contributed by atoms with Gasteiger partial charge < -0.3 is 4.98 Å². The zero-order chi connectivity index (χ0) is 11.7. The Kier molecular flexibility index (Phi) is 2.11. The third kappa shape index (κ3) is 1.76. The minimum atomic E-state index is -0.198. The molecular formula is C11H9N5O. The maximum atomic E-state index is 11.5. The average Bonchev–Trinajstić information content (AvgIpc) is 2.74. The summed E-state index contributed by atoms with van der Waals surface area (Å²) >= 11 is 0. The van der Waals surface area contributed by atoms with Crippen LogP contribution in [0.15, 0.2) is 47.7 Å². The first-order valence-electron chi connectivity index (χ1n) is 5.08. The van der Waals surface area contributed by atoms with E-state index < -0.39 is 0 Å². The normalized spacial score (nSPS) is 10.6. The molecule has 0 saturated heterocycles. The van der Waals surface area contributed by atoms with Crippen LogP contribution in [0.3, 0.4) is 0 Å². The maximum Gasteiger partial charge on any atom is 0.261 e. The van der Waals surface area contributed by atoms with E-state index in [0.717, 1.165) is 5.69 Å². The number of hydrogen-bond donors (Lipinski definition) is 2. The van der Waals surface area contributed by atoms with Crippen LogP contribution in [0.1, 0.15) is 0 Å². The summed E-state index contributed by atoms with van der Waals surface area (Å²) in [6.07, 6.45) is 2.94. The van der Waals surface area contributed by atoms with Gasteiger partial charge in [-0.3, -0.25) is 10.2 Å². The Hall–Kier alpha value is -2.63. The standard InChI is InChI=1S/C11H9N5O/c17-11-9-6-16(15-10(9)12-7-13-11)14-8-4-2-1-3-5-8/h1-7,14H,(H,12,13,15,17). The van der Waals surface area contributed by atoms with Crippen LogP contribution in [0.25, 0.3) is 11.0 Å². The van der Waals surface area contributed by atoms with Crippen LogP contribution in [0.5, 0.6) is 0 Å². The molecule has 0 spiro atoms. The van der Waals surface area contributed by atoms with E-state index in [-0.39, 0.29) is 5.56 Å². The Labute approximate surface area is 95.9 Å². The fourth-order valence-electron chi connectivity index (χ4n) is 1.55. The predicted molar refractivity (Wildman–Crippen MR) is 63.6 cm³/mol. The van der Waals surface area contributed by atoms with E-state index in [2.05, 4.69) is 20.5 Å². The lowest BCUT2D eigenvalue weighted by Gasteiger charge is -2.03. The van der Waals surface area contributed by atoms with E-state index in [1.165, 1.54) is 11.1 Å². The van der Waals surface area contributed by atoms with Crippen molar-refractivity contribution in [2.45, 2.75) is 0 Å². The molecule has 6 heteroatoms. The van der Waals surface area contributed by atoms with Gasteiger partial charge in [0.25, 0.3) is 5.56 Å². The number of fused-ring (bicyclic) bond motifs is 1. The molecule has 3 aromatic rings. The summed E-state index contributed by atoms with van der Waals surface area (Å²) in [6, 6.07) is 9.57. The summed E-state index contributed by atoms with van der Waals surface area (Å²) in [5.41, 5.74) is 4.14. The van der Waals surface area contributed by atoms with Crippen LogP contribution in [-0.4, -0.2) is 19.9 Å². The van der Waals surface area contributed by atoms with Crippen LogP contribution in [-0.2, 0) is 0 Å². The van der Waals surface area contributed by atoms with Crippen LogP contribution >= 0.6 is 0 Å². The van der Waals surface area contributed by atoms with Crippen molar-refractivity contribution in [1.29, 1.82) is 0 Å². The lowest BCUT2D eigenvalue weighted by molar-refractivity contribution is 0.812. The Bertz CT molecular complexity index is 700. The highest BCUT2D eigenvalue weighted by Crippen LogP contribution is 2.07. The van der Waals surface area contributed by atoms with Crippen molar-refractivity contribution >= 4 is 16.7 Å². The second kappa shape index (κ2) is 3.75. The molecule has 17 heavy (non-hydrogen) atoms. The molecule has 0 fully saturated rings. The van der Waals surface area contributed by atoms with E-state index in [1.54, 1.807) is 6.20 Å². The van der Waals surface area contributed by atoms with E-state index in [0.29, 0.717) is 11.0 Å². The third-order valence-electron chi connectivity index (χ3n) is 2.34. The highest BCUT2D eigenvalue weighted by molar-refractivity contribution is 5.72. The molecule has 0 radical (unpaired) electrons. The number of H-pyrrole nitrogens is 1. The molecule has 84 valence electrons. The van der Waals surface area contributed by atoms with Gasteiger partial charge in [0.05, 0.1) is 18.2 Å². The maximum absolute atomic E-state index is 11.5. The zero-order valence-corrected chi connectivity index (χ0v) is 8.79. The average molecular weight is 227 g/mol. The minimum Gasteiger partial charge on any atom is -0.312 e. The molecule has 0 amide bonds. The number of aromatic amines is 1. The van der Waals surface area contributed by atoms with Crippen molar-refractivity contribution in [3.05, 3.63) is 53.2 Å². The van der Waals surface area contributed by atoms with Gasteiger partial charge in [-0.05, 0) is 12.1 Å². The second-order valence-corrected chi connectivity index (χ2v) is 3.52. The van der Waals surface area contributed by atoms with Gasteiger partial charge in [0.1, 0.15) is 5.39 Å². The van der Waals surface area contributed by atoms with E-state index >= 15 is 0 Å². The van der Waals surface area contributed by atoms with E-state index in [4.69, 9.17) is 0 Å². The minimum absolute atomic E-state index is 0.198. The van der Waals surface area contributed by atoms with Crippen LogP contribution in [0, 0.1) is 0 Å². The van der Waals surface area contributed by atoms with Gasteiger partial charge in [-0.1, -0.05) is 18.2 Å². The summed E-state index contributed by atoms with van der Waals surface area (Å²) in [6.45, 7) is 0. The molecule has 2 heterocycles. The second-order valence-electron chi connectivity index (χ2n) is 3.52. The van der Waals surface area contributed by atoms with Gasteiger partial charge in [-0.2, -0.15) is 4.79 Å². The van der Waals surface area contributed by atoms with Crippen molar-refractivity contribution in [3.63, 3.8) is 0 Å². The third-order valence-corrected chi connectivity index (χ3v) is 2.34. The first-order chi connectivity index (χ1) is 8.33. The Balaban J connectivity index is 2.02. The molecule has 0 aliphatic carbocycles. The van der Waals surface area contributed by atoms with E-state index in [1.807, 2.05) is 30.3 Å². The Morgan fingerprint density at radius 2 is 2.06 bits per heavy atom. The molecule has 2 aromatic heterocycles. The fraction of sp³-hybridized carbons (Fsp3) is 0.